The van der Waals surface area contributed by atoms with Crippen LogP contribution in [0.15, 0.2) is 53.5 Å². The molecule has 0 amide bonds. The van der Waals surface area contributed by atoms with Crippen LogP contribution in [0, 0.1) is 0 Å². The zero-order valence-electron chi connectivity index (χ0n) is 14.9. The first-order valence-corrected chi connectivity index (χ1v) is 9.72. The fourth-order valence-electron chi connectivity index (χ4n) is 2.22. The van der Waals surface area contributed by atoms with Gasteiger partial charge in [-0.2, -0.15) is 0 Å². The van der Waals surface area contributed by atoms with Gasteiger partial charge in [0, 0.05) is 5.69 Å². The predicted octanol–water partition coefficient (Wildman–Crippen LogP) is 2.84. The number of aliphatic imine (C=N–C) groups is 1. The first-order chi connectivity index (χ1) is 11.9. The van der Waals surface area contributed by atoms with Crippen molar-refractivity contribution in [3.05, 3.63) is 65.2 Å². The molecule has 2 aromatic carbocycles. The Hall–Kier alpha value is -1.65. The number of sulfonamides is 1. The van der Waals surface area contributed by atoms with E-state index in [1.165, 1.54) is 12.6 Å². The minimum absolute atomic E-state index is 0. The molecule has 8 heteroatoms. The van der Waals surface area contributed by atoms with Crippen LogP contribution in [-0.2, 0) is 28.7 Å². The van der Waals surface area contributed by atoms with Gasteiger partial charge < -0.3 is 11.1 Å². The topological polar surface area (TPSA) is 96.6 Å². The van der Waals surface area contributed by atoms with Gasteiger partial charge in [-0.15, -0.1) is 24.0 Å². The highest BCUT2D eigenvalue weighted by atomic mass is 127. The zero-order chi connectivity index (χ0) is 18.3. The molecule has 0 unspecified atom stereocenters. The molecule has 0 atom stereocenters. The van der Waals surface area contributed by atoms with Gasteiger partial charge in [0.05, 0.1) is 12.3 Å². The van der Waals surface area contributed by atoms with Crippen molar-refractivity contribution in [1.29, 1.82) is 0 Å². The number of halogens is 1. The molecular formula is C18H25IN4O2S. The largest absolute Gasteiger partial charge is 0.370 e. The molecule has 0 saturated carbocycles. The van der Waals surface area contributed by atoms with Crippen LogP contribution >= 0.6 is 24.0 Å². The summed E-state index contributed by atoms with van der Waals surface area (Å²) >= 11 is 0. The summed E-state index contributed by atoms with van der Waals surface area (Å²) in [6.07, 6.45) is 0.996. The Bertz CT molecular complexity index is 819. The fourth-order valence-corrected chi connectivity index (χ4v) is 3.00. The molecular weight excluding hydrogens is 463 g/mol. The summed E-state index contributed by atoms with van der Waals surface area (Å²) in [5, 5.41) is 3.05. The molecule has 0 aliphatic heterocycles. The van der Waals surface area contributed by atoms with Crippen LogP contribution < -0.4 is 15.8 Å². The molecule has 0 aliphatic carbocycles. The number of guanidine groups is 1. The third-order valence-corrected chi connectivity index (χ3v) is 5.09. The monoisotopic (exact) mass is 488 g/mol. The van der Waals surface area contributed by atoms with Crippen molar-refractivity contribution in [2.75, 3.05) is 12.4 Å². The molecule has 0 aliphatic rings. The summed E-state index contributed by atoms with van der Waals surface area (Å²) in [4.78, 5) is 4.31. The molecule has 2 aromatic rings. The second-order valence-corrected chi connectivity index (χ2v) is 7.58. The second-order valence-electron chi connectivity index (χ2n) is 5.66. The van der Waals surface area contributed by atoms with Crippen molar-refractivity contribution in [2.45, 2.75) is 25.6 Å². The Morgan fingerprint density at radius 1 is 1.00 bits per heavy atom. The van der Waals surface area contributed by atoms with Gasteiger partial charge in [0.25, 0.3) is 0 Å². The van der Waals surface area contributed by atoms with Crippen molar-refractivity contribution in [3.8, 4) is 0 Å². The lowest BCUT2D eigenvalue weighted by Crippen LogP contribution is -2.22. The van der Waals surface area contributed by atoms with E-state index in [0.29, 0.717) is 12.5 Å². The van der Waals surface area contributed by atoms with Gasteiger partial charge in [-0.05, 0) is 42.3 Å². The molecule has 0 radical (unpaired) electrons. The van der Waals surface area contributed by atoms with E-state index < -0.39 is 10.0 Å². The summed E-state index contributed by atoms with van der Waals surface area (Å²) in [7, 11) is -1.85. The first kappa shape index (κ1) is 22.4. The quantitative estimate of drug-likeness (QED) is 0.317. The molecule has 142 valence electrons. The number of hydrogen-bond acceptors (Lipinski definition) is 3. The van der Waals surface area contributed by atoms with Crippen LogP contribution in [0.2, 0.25) is 0 Å². The Morgan fingerprint density at radius 2 is 1.54 bits per heavy atom. The van der Waals surface area contributed by atoms with Gasteiger partial charge in [0.2, 0.25) is 10.0 Å². The lowest BCUT2D eigenvalue weighted by Gasteiger charge is -2.07. The van der Waals surface area contributed by atoms with Gasteiger partial charge in [-0.1, -0.05) is 43.3 Å². The molecule has 4 N–H and O–H groups in total. The third kappa shape index (κ3) is 7.30. The van der Waals surface area contributed by atoms with E-state index in [2.05, 4.69) is 22.0 Å². The molecule has 26 heavy (non-hydrogen) atoms. The van der Waals surface area contributed by atoms with Crippen molar-refractivity contribution < 1.29 is 8.42 Å². The Labute approximate surface area is 172 Å². The van der Waals surface area contributed by atoms with E-state index in [0.717, 1.165) is 23.2 Å². The highest BCUT2D eigenvalue weighted by molar-refractivity contribution is 14.0. The zero-order valence-corrected chi connectivity index (χ0v) is 18.0. The molecule has 0 heterocycles. The molecule has 0 bridgehead atoms. The van der Waals surface area contributed by atoms with E-state index in [9.17, 15) is 8.42 Å². The summed E-state index contributed by atoms with van der Waals surface area (Å²) in [5.74, 6) is 0.302. The maximum atomic E-state index is 11.5. The van der Waals surface area contributed by atoms with Crippen LogP contribution in [0.5, 0.6) is 0 Å². The van der Waals surface area contributed by atoms with Crippen LogP contribution in [0.4, 0.5) is 5.69 Å². The minimum atomic E-state index is -3.26. The number of hydrogen-bond donors (Lipinski definition) is 3. The lowest BCUT2D eigenvalue weighted by atomic mass is 10.1. The lowest BCUT2D eigenvalue weighted by molar-refractivity contribution is 0.587. The normalized spacial score (nSPS) is 11.7. The van der Waals surface area contributed by atoms with Crippen LogP contribution in [-0.4, -0.2) is 21.4 Å². The average Bonchev–Trinajstić information content (AvgIpc) is 2.61. The third-order valence-electron chi connectivity index (χ3n) is 3.76. The minimum Gasteiger partial charge on any atom is -0.370 e. The van der Waals surface area contributed by atoms with E-state index in [1.54, 1.807) is 12.1 Å². The maximum absolute atomic E-state index is 11.5. The highest BCUT2D eigenvalue weighted by Crippen LogP contribution is 2.11. The van der Waals surface area contributed by atoms with Gasteiger partial charge in [0.15, 0.2) is 5.96 Å². The van der Waals surface area contributed by atoms with Crippen molar-refractivity contribution in [2.24, 2.45) is 10.7 Å². The van der Waals surface area contributed by atoms with Crippen LogP contribution in [0.3, 0.4) is 0 Å². The van der Waals surface area contributed by atoms with Crippen LogP contribution in [0.1, 0.15) is 23.6 Å². The molecule has 0 aromatic heterocycles. The number of benzene rings is 2. The summed E-state index contributed by atoms with van der Waals surface area (Å²) in [6.45, 7) is 2.53. The number of anilines is 1. The Balaban J connectivity index is 0.00000338. The SMILES string of the molecule is CCc1ccc(NC(N)=NCc2ccc(CS(=O)(=O)NC)cc2)cc1.I. The summed E-state index contributed by atoms with van der Waals surface area (Å²) in [6, 6.07) is 15.3. The smallest absolute Gasteiger partial charge is 0.215 e. The van der Waals surface area contributed by atoms with Crippen molar-refractivity contribution in [1.82, 2.24) is 4.72 Å². The van der Waals surface area contributed by atoms with Crippen molar-refractivity contribution in [3.63, 3.8) is 0 Å². The molecule has 6 nitrogen and oxygen atoms in total. The number of aryl methyl sites for hydroxylation is 1. The Kier molecular flexibility index (Phi) is 9.03. The molecule has 0 saturated heterocycles. The molecule has 0 fully saturated rings. The summed E-state index contributed by atoms with van der Waals surface area (Å²) in [5.41, 5.74) is 9.75. The highest BCUT2D eigenvalue weighted by Gasteiger charge is 2.08. The van der Waals surface area contributed by atoms with Gasteiger partial charge in [0.1, 0.15) is 0 Å². The van der Waals surface area contributed by atoms with Crippen LogP contribution in [0.25, 0.3) is 0 Å². The molecule has 0 spiro atoms. The van der Waals surface area contributed by atoms with E-state index in [-0.39, 0.29) is 29.7 Å². The Morgan fingerprint density at radius 3 is 2.08 bits per heavy atom. The number of rotatable bonds is 7. The second kappa shape index (κ2) is 10.5. The fraction of sp³-hybridized carbons (Fsp3) is 0.278. The summed E-state index contributed by atoms with van der Waals surface area (Å²) < 4.78 is 25.3. The van der Waals surface area contributed by atoms with E-state index >= 15 is 0 Å². The standard InChI is InChI=1S/C18H24N4O2S.HI/c1-3-14-8-10-17(11-9-14)22-18(19)21-12-15-4-6-16(7-5-15)13-25(23,24)20-2;/h4-11,20H,3,12-13H2,1-2H3,(H3,19,21,22);1H. The van der Waals surface area contributed by atoms with E-state index in [4.69, 9.17) is 5.73 Å². The van der Waals surface area contributed by atoms with Gasteiger partial charge in [-0.25, -0.2) is 18.1 Å². The van der Waals surface area contributed by atoms with Gasteiger partial charge >= 0.3 is 0 Å². The number of nitrogens with two attached hydrogens (primary N) is 1. The van der Waals surface area contributed by atoms with E-state index in [1.807, 2.05) is 36.4 Å². The number of nitrogens with one attached hydrogen (secondary N) is 2. The first-order valence-electron chi connectivity index (χ1n) is 8.07. The predicted molar refractivity (Wildman–Crippen MR) is 118 cm³/mol. The number of nitrogens with zero attached hydrogens (tertiary/aromatic N) is 1. The van der Waals surface area contributed by atoms with Crippen molar-refractivity contribution >= 4 is 45.6 Å². The van der Waals surface area contributed by atoms with Gasteiger partial charge in [-0.3, -0.25) is 0 Å². The average molecular weight is 488 g/mol. The maximum Gasteiger partial charge on any atom is 0.215 e. The molecule has 2 rings (SSSR count).